The highest BCUT2D eigenvalue weighted by molar-refractivity contribution is 5.72. The number of likely N-dealkylation sites (tertiary alicyclic amines) is 1. The first-order valence-corrected chi connectivity index (χ1v) is 11.8. The Hall–Kier alpha value is -1.80. The average molecular weight is 387 g/mol. The van der Waals surface area contributed by atoms with Gasteiger partial charge in [-0.25, -0.2) is 0 Å². The first-order chi connectivity index (χ1) is 14.1. The van der Waals surface area contributed by atoms with Crippen LogP contribution in [0.25, 0.3) is 0 Å². The van der Waals surface area contributed by atoms with Gasteiger partial charge in [0, 0.05) is 43.0 Å². The summed E-state index contributed by atoms with van der Waals surface area (Å²) in [5.74, 6) is 0.647. The summed E-state index contributed by atoms with van der Waals surface area (Å²) >= 11 is 0. The van der Waals surface area contributed by atoms with E-state index in [0.717, 1.165) is 0 Å². The maximum absolute atomic E-state index is 2.85. The number of hydrogen-bond donors (Lipinski definition) is 0. The SMILES string of the molecule is CC12CCC(CN3CC[C@@H]4[C@@H](C3)c3ccccc3N4c3ccccc3)(CC1)CC2. The van der Waals surface area contributed by atoms with Gasteiger partial charge in [0.25, 0.3) is 0 Å². The third-order valence-corrected chi connectivity index (χ3v) is 8.96. The number of anilines is 2. The number of hydrogen-bond acceptors (Lipinski definition) is 2. The molecular formula is C27H34N2. The van der Waals surface area contributed by atoms with Crippen LogP contribution in [0.3, 0.4) is 0 Å². The van der Waals surface area contributed by atoms with Crippen molar-refractivity contribution in [2.24, 2.45) is 10.8 Å². The van der Waals surface area contributed by atoms with Crippen molar-refractivity contribution < 1.29 is 0 Å². The van der Waals surface area contributed by atoms with Crippen LogP contribution in [-0.4, -0.2) is 30.6 Å². The van der Waals surface area contributed by atoms with E-state index in [-0.39, 0.29) is 0 Å². The molecule has 2 aromatic rings. The van der Waals surface area contributed by atoms with Crippen molar-refractivity contribution in [3.63, 3.8) is 0 Å². The first-order valence-electron chi connectivity index (χ1n) is 11.8. The maximum Gasteiger partial charge on any atom is 0.0450 e. The van der Waals surface area contributed by atoms with Gasteiger partial charge in [-0.3, -0.25) is 0 Å². The van der Waals surface area contributed by atoms with E-state index in [4.69, 9.17) is 0 Å². The van der Waals surface area contributed by atoms with Crippen LogP contribution >= 0.6 is 0 Å². The molecule has 29 heavy (non-hydrogen) atoms. The van der Waals surface area contributed by atoms with Crippen molar-refractivity contribution in [1.82, 2.24) is 4.90 Å². The fourth-order valence-electron chi connectivity index (χ4n) is 7.05. The molecule has 2 aromatic carbocycles. The maximum atomic E-state index is 2.85. The van der Waals surface area contributed by atoms with Crippen LogP contribution in [0.2, 0.25) is 0 Å². The summed E-state index contributed by atoms with van der Waals surface area (Å²) < 4.78 is 0. The zero-order chi connectivity index (χ0) is 19.5. The molecule has 2 bridgehead atoms. The smallest absolute Gasteiger partial charge is 0.0450 e. The van der Waals surface area contributed by atoms with E-state index in [1.807, 2.05) is 0 Å². The molecule has 2 heterocycles. The summed E-state index contributed by atoms with van der Waals surface area (Å²) in [7, 11) is 0. The Kier molecular flexibility index (Phi) is 4.10. The lowest BCUT2D eigenvalue weighted by Crippen LogP contribution is -2.51. The molecule has 7 rings (SSSR count). The van der Waals surface area contributed by atoms with E-state index in [1.165, 1.54) is 76.0 Å². The molecule has 2 aliphatic heterocycles. The van der Waals surface area contributed by atoms with Gasteiger partial charge in [0.05, 0.1) is 0 Å². The number of rotatable bonds is 3. The highest BCUT2D eigenvalue weighted by Crippen LogP contribution is 2.57. The molecule has 0 radical (unpaired) electrons. The van der Waals surface area contributed by atoms with Crippen LogP contribution < -0.4 is 4.90 Å². The van der Waals surface area contributed by atoms with E-state index in [9.17, 15) is 0 Å². The van der Waals surface area contributed by atoms with E-state index in [0.29, 0.717) is 22.8 Å². The Balaban J connectivity index is 1.25. The number of nitrogens with zero attached hydrogens (tertiary/aromatic N) is 2. The third kappa shape index (κ3) is 2.94. The molecule has 0 aromatic heterocycles. The van der Waals surface area contributed by atoms with Crippen LogP contribution in [-0.2, 0) is 0 Å². The normalized spacial score (nSPS) is 36.1. The highest BCUT2D eigenvalue weighted by Gasteiger charge is 2.48. The van der Waals surface area contributed by atoms with E-state index < -0.39 is 0 Å². The van der Waals surface area contributed by atoms with Crippen molar-refractivity contribution in [1.29, 1.82) is 0 Å². The second kappa shape index (κ2) is 6.60. The summed E-state index contributed by atoms with van der Waals surface area (Å²) in [6, 6.07) is 20.9. The molecule has 0 spiro atoms. The van der Waals surface area contributed by atoms with Crippen LogP contribution in [0, 0.1) is 10.8 Å². The van der Waals surface area contributed by atoms with Gasteiger partial charge in [-0.1, -0.05) is 43.3 Å². The summed E-state index contributed by atoms with van der Waals surface area (Å²) in [6.45, 7) is 6.39. The molecule has 4 fully saturated rings. The molecule has 2 nitrogen and oxygen atoms in total. The molecule has 3 saturated carbocycles. The van der Waals surface area contributed by atoms with Crippen LogP contribution in [0.5, 0.6) is 0 Å². The third-order valence-electron chi connectivity index (χ3n) is 8.96. The number of para-hydroxylation sites is 2. The first kappa shape index (κ1) is 18.0. The second-order valence-corrected chi connectivity index (χ2v) is 10.8. The Morgan fingerprint density at radius 1 is 0.862 bits per heavy atom. The number of piperidine rings is 1. The molecule has 3 aliphatic carbocycles. The van der Waals surface area contributed by atoms with Gasteiger partial charge in [-0.15, -0.1) is 0 Å². The highest BCUT2D eigenvalue weighted by atomic mass is 15.2. The Morgan fingerprint density at radius 3 is 2.31 bits per heavy atom. The predicted octanol–water partition coefficient (Wildman–Crippen LogP) is 6.36. The Morgan fingerprint density at radius 2 is 1.55 bits per heavy atom. The molecule has 5 aliphatic rings. The summed E-state index contributed by atoms with van der Waals surface area (Å²) in [5, 5.41) is 0. The molecule has 1 saturated heterocycles. The lowest BCUT2D eigenvalue weighted by molar-refractivity contribution is -0.0253. The number of fused-ring (bicyclic) bond motifs is 6. The number of benzene rings is 2. The fraction of sp³-hybridized carbons (Fsp3) is 0.556. The molecule has 2 heteroatoms. The largest absolute Gasteiger partial charge is 0.337 e. The fourth-order valence-corrected chi connectivity index (χ4v) is 7.05. The Bertz CT molecular complexity index is 864. The topological polar surface area (TPSA) is 6.48 Å². The van der Waals surface area contributed by atoms with Gasteiger partial charge in [0.2, 0.25) is 0 Å². The zero-order valence-electron chi connectivity index (χ0n) is 17.8. The van der Waals surface area contributed by atoms with E-state index >= 15 is 0 Å². The molecular weight excluding hydrogens is 352 g/mol. The lowest BCUT2D eigenvalue weighted by atomic mass is 9.54. The minimum Gasteiger partial charge on any atom is -0.337 e. The van der Waals surface area contributed by atoms with Crippen molar-refractivity contribution in [2.75, 3.05) is 24.5 Å². The lowest BCUT2D eigenvalue weighted by Gasteiger charge is -2.54. The summed E-state index contributed by atoms with van der Waals surface area (Å²) in [6.07, 6.45) is 10.1. The molecule has 0 unspecified atom stereocenters. The van der Waals surface area contributed by atoms with Gasteiger partial charge in [-0.2, -0.15) is 0 Å². The zero-order valence-corrected chi connectivity index (χ0v) is 17.8. The van der Waals surface area contributed by atoms with Gasteiger partial charge < -0.3 is 9.80 Å². The second-order valence-electron chi connectivity index (χ2n) is 10.8. The molecule has 0 amide bonds. The quantitative estimate of drug-likeness (QED) is 0.606. The Labute approximate surface area is 175 Å². The van der Waals surface area contributed by atoms with Gasteiger partial charge in [0.15, 0.2) is 0 Å². The standard InChI is InChI=1S/C27H34N2/c1-26-12-15-27(16-13-26,17-14-26)20-28-18-11-25-23(19-28)22-9-5-6-10-24(22)29(25)21-7-3-2-4-8-21/h2-10,23,25H,11-20H2,1H3/t23-,25+,26?,27?/m0/s1. The van der Waals surface area contributed by atoms with Crippen LogP contribution in [0.15, 0.2) is 54.6 Å². The monoisotopic (exact) mass is 386 g/mol. The van der Waals surface area contributed by atoms with Crippen molar-refractivity contribution in [3.05, 3.63) is 60.2 Å². The average Bonchev–Trinajstić information content (AvgIpc) is 3.09. The van der Waals surface area contributed by atoms with E-state index in [1.54, 1.807) is 5.56 Å². The summed E-state index contributed by atoms with van der Waals surface area (Å²) in [5.41, 5.74) is 5.68. The summed E-state index contributed by atoms with van der Waals surface area (Å²) in [4.78, 5) is 5.49. The van der Waals surface area contributed by atoms with Crippen LogP contribution in [0.4, 0.5) is 11.4 Å². The molecule has 2 atom stereocenters. The van der Waals surface area contributed by atoms with Gasteiger partial charge >= 0.3 is 0 Å². The van der Waals surface area contributed by atoms with Crippen molar-refractivity contribution in [2.45, 2.75) is 63.8 Å². The molecule has 0 N–H and O–H groups in total. The minimum atomic E-state index is 0.615. The van der Waals surface area contributed by atoms with Gasteiger partial charge in [-0.05, 0) is 79.5 Å². The minimum absolute atomic E-state index is 0.615. The molecule has 152 valence electrons. The van der Waals surface area contributed by atoms with Crippen molar-refractivity contribution in [3.8, 4) is 0 Å². The van der Waals surface area contributed by atoms with E-state index in [2.05, 4.69) is 71.3 Å². The van der Waals surface area contributed by atoms with Crippen molar-refractivity contribution >= 4 is 11.4 Å². The predicted molar refractivity (Wildman–Crippen MR) is 121 cm³/mol. The van der Waals surface area contributed by atoms with Crippen LogP contribution in [0.1, 0.15) is 63.4 Å². The van der Waals surface area contributed by atoms with Gasteiger partial charge in [0.1, 0.15) is 0 Å².